The number of hydrogen-bond donors (Lipinski definition) is 3. The maximum absolute atomic E-state index is 14.2. The van der Waals surface area contributed by atoms with Crippen molar-refractivity contribution < 1.29 is 13.6 Å². The number of hydrazine groups is 1. The summed E-state index contributed by atoms with van der Waals surface area (Å²) < 4.78 is 28.8. The van der Waals surface area contributed by atoms with E-state index in [0.717, 1.165) is 17.7 Å². The van der Waals surface area contributed by atoms with E-state index in [4.69, 9.17) is 5.84 Å². The highest BCUT2D eigenvalue weighted by atomic mass is 19.1. The molecule has 1 amide bonds. The molecule has 0 spiro atoms. The minimum Gasteiger partial charge on any atom is -0.289 e. The van der Waals surface area contributed by atoms with Gasteiger partial charge < -0.3 is 0 Å². The van der Waals surface area contributed by atoms with Gasteiger partial charge in [0.2, 0.25) is 0 Å². The summed E-state index contributed by atoms with van der Waals surface area (Å²) in [5.41, 5.74) is 2.30. The first kappa shape index (κ1) is 19.4. The average molecular weight is 388 g/mol. The molecule has 0 aliphatic heterocycles. The summed E-state index contributed by atoms with van der Waals surface area (Å²) in [5, 5.41) is 2.56. The van der Waals surface area contributed by atoms with E-state index in [0.29, 0.717) is 0 Å². The van der Waals surface area contributed by atoms with Crippen molar-refractivity contribution in [3.05, 3.63) is 69.9 Å². The van der Waals surface area contributed by atoms with E-state index >= 15 is 0 Å². The van der Waals surface area contributed by atoms with Crippen LogP contribution in [0.15, 0.2) is 41.3 Å². The molecule has 2 heterocycles. The third kappa shape index (κ3) is 3.67. The molecule has 4 N–H and O–H groups in total. The number of carbonyl (C=O) groups excluding carboxylic acids is 1. The van der Waals surface area contributed by atoms with Crippen LogP contribution in [0, 0.1) is 11.6 Å². The van der Waals surface area contributed by atoms with E-state index in [1.807, 2.05) is 19.3 Å². The number of halogens is 2. The zero-order chi connectivity index (χ0) is 20.4. The fourth-order valence-corrected chi connectivity index (χ4v) is 2.87. The molecule has 0 aliphatic carbocycles. The maximum Gasteiger partial charge on any atom is 0.361 e. The molecule has 0 fully saturated rings. The summed E-state index contributed by atoms with van der Waals surface area (Å²) in [5.74, 6) is 2.91. The van der Waals surface area contributed by atoms with Gasteiger partial charge in [-0.1, -0.05) is 13.0 Å². The summed E-state index contributed by atoms with van der Waals surface area (Å²) in [6.45, 7) is 3.70. The Hall–Kier alpha value is -3.40. The molecule has 0 saturated carbocycles. The molecular weight excluding hydrogens is 370 g/mol. The molecule has 10 heteroatoms. The molecule has 0 radical (unpaired) electrons. The van der Waals surface area contributed by atoms with Crippen molar-refractivity contribution >= 4 is 5.91 Å². The van der Waals surface area contributed by atoms with Crippen LogP contribution in [0.5, 0.6) is 0 Å². The average Bonchev–Trinajstić information content (AvgIpc) is 3.07. The number of nitrogens with zero attached hydrogens (tertiary/aromatic N) is 3. The fourth-order valence-electron chi connectivity index (χ4n) is 2.87. The van der Waals surface area contributed by atoms with Gasteiger partial charge in [0.1, 0.15) is 17.3 Å². The maximum atomic E-state index is 14.2. The highest BCUT2D eigenvalue weighted by Gasteiger charge is 2.23. The number of benzene rings is 1. The third-order valence-corrected chi connectivity index (χ3v) is 4.63. The lowest BCUT2D eigenvalue weighted by Gasteiger charge is -2.23. The molecule has 2 atom stereocenters. The van der Waals surface area contributed by atoms with E-state index in [1.54, 1.807) is 6.07 Å². The van der Waals surface area contributed by atoms with Gasteiger partial charge in [0.05, 0.1) is 11.6 Å². The largest absolute Gasteiger partial charge is 0.361 e. The molecule has 146 valence electrons. The number of aromatic amines is 1. The summed E-state index contributed by atoms with van der Waals surface area (Å²) in [7, 11) is 0. The first-order chi connectivity index (χ1) is 13.3. The Morgan fingerprint density at radius 2 is 2.00 bits per heavy atom. The Labute approximate surface area is 158 Å². The summed E-state index contributed by atoms with van der Waals surface area (Å²) >= 11 is 0. The van der Waals surface area contributed by atoms with Crippen LogP contribution in [-0.2, 0) is 0 Å². The van der Waals surface area contributed by atoms with E-state index in [1.165, 1.54) is 23.0 Å². The SMILES string of the molecule is CC(c1ccc(C(=O)NN)nc1)C(C)n1[nH]c(=O)nc1-c1ccc(F)cc1F. The van der Waals surface area contributed by atoms with Crippen LogP contribution in [0.2, 0.25) is 0 Å². The number of hydrogen-bond acceptors (Lipinski definition) is 5. The number of rotatable bonds is 5. The van der Waals surface area contributed by atoms with E-state index in [2.05, 4.69) is 15.1 Å². The second-order valence-corrected chi connectivity index (χ2v) is 6.33. The third-order valence-electron chi connectivity index (χ3n) is 4.63. The highest BCUT2D eigenvalue weighted by Crippen LogP contribution is 2.31. The van der Waals surface area contributed by atoms with E-state index in [-0.39, 0.29) is 29.0 Å². The van der Waals surface area contributed by atoms with Gasteiger partial charge >= 0.3 is 5.69 Å². The van der Waals surface area contributed by atoms with Crippen LogP contribution in [0.25, 0.3) is 11.4 Å². The standard InChI is InChI=1S/C18H18F2N6O2/c1-9(11-3-6-15(22-8-11)17(27)24-21)10(2)26-16(23-18(28)25-26)13-5-4-12(19)7-14(13)20/h3-10H,21H2,1-2H3,(H,24,27)(H,25,28). The van der Waals surface area contributed by atoms with Crippen LogP contribution < -0.4 is 17.0 Å². The number of carbonyl (C=O) groups is 1. The molecule has 1 aromatic carbocycles. The molecule has 2 aromatic heterocycles. The first-order valence-corrected chi connectivity index (χ1v) is 8.42. The molecule has 0 bridgehead atoms. The number of H-pyrrole nitrogens is 1. The van der Waals surface area contributed by atoms with Crippen molar-refractivity contribution in [1.29, 1.82) is 0 Å². The number of nitrogens with two attached hydrogens (primary N) is 1. The molecular formula is C18H18F2N6O2. The second-order valence-electron chi connectivity index (χ2n) is 6.33. The Kier molecular flexibility index (Phi) is 5.32. The molecule has 0 aliphatic rings. The predicted octanol–water partition coefficient (Wildman–Crippen LogP) is 1.88. The van der Waals surface area contributed by atoms with Crippen LogP contribution in [0.4, 0.5) is 8.78 Å². The van der Waals surface area contributed by atoms with Crippen molar-refractivity contribution in [2.24, 2.45) is 5.84 Å². The number of nitrogen functional groups attached to an aromatic ring is 1. The Balaban J connectivity index is 1.95. The fraction of sp³-hybridized carbons (Fsp3) is 0.222. The minimum atomic E-state index is -0.820. The Morgan fingerprint density at radius 3 is 2.61 bits per heavy atom. The lowest BCUT2D eigenvalue weighted by Crippen LogP contribution is -2.30. The van der Waals surface area contributed by atoms with Gasteiger partial charge in [0.15, 0.2) is 5.82 Å². The van der Waals surface area contributed by atoms with Crippen molar-refractivity contribution in [3.8, 4) is 11.4 Å². The molecule has 3 aromatic rings. The van der Waals surface area contributed by atoms with Gasteiger partial charge in [0.25, 0.3) is 5.91 Å². The van der Waals surface area contributed by atoms with Crippen LogP contribution in [0.1, 0.15) is 41.9 Å². The van der Waals surface area contributed by atoms with E-state index in [9.17, 15) is 18.4 Å². The van der Waals surface area contributed by atoms with Gasteiger partial charge in [-0.2, -0.15) is 4.98 Å². The Bertz CT molecular complexity index is 1060. The van der Waals surface area contributed by atoms with Crippen molar-refractivity contribution in [1.82, 2.24) is 25.2 Å². The van der Waals surface area contributed by atoms with E-state index < -0.39 is 23.2 Å². The number of aromatic nitrogens is 4. The van der Waals surface area contributed by atoms with Gasteiger partial charge in [-0.3, -0.25) is 19.9 Å². The van der Waals surface area contributed by atoms with Crippen molar-refractivity contribution in [2.75, 3.05) is 0 Å². The quantitative estimate of drug-likeness (QED) is 0.350. The molecule has 0 saturated heterocycles. The van der Waals surface area contributed by atoms with Gasteiger partial charge in [-0.05, 0) is 30.7 Å². The summed E-state index contributed by atoms with van der Waals surface area (Å²) in [6.07, 6.45) is 1.53. The minimum absolute atomic E-state index is 0.00638. The lowest BCUT2D eigenvalue weighted by atomic mass is 9.95. The summed E-state index contributed by atoms with van der Waals surface area (Å²) in [4.78, 5) is 31.2. The predicted molar refractivity (Wildman–Crippen MR) is 97.2 cm³/mol. The zero-order valence-electron chi connectivity index (χ0n) is 15.1. The van der Waals surface area contributed by atoms with Crippen molar-refractivity contribution in [3.63, 3.8) is 0 Å². The zero-order valence-corrected chi connectivity index (χ0v) is 15.1. The molecule has 28 heavy (non-hydrogen) atoms. The van der Waals surface area contributed by atoms with Crippen LogP contribution in [-0.4, -0.2) is 25.7 Å². The Morgan fingerprint density at radius 1 is 1.25 bits per heavy atom. The van der Waals surface area contributed by atoms with Crippen molar-refractivity contribution in [2.45, 2.75) is 25.8 Å². The number of amides is 1. The molecule has 2 unspecified atom stereocenters. The smallest absolute Gasteiger partial charge is 0.289 e. The first-order valence-electron chi connectivity index (χ1n) is 8.42. The summed E-state index contributed by atoms with van der Waals surface area (Å²) in [6, 6.07) is 5.95. The second kappa shape index (κ2) is 7.69. The molecule has 8 nitrogen and oxygen atoms in total. The van der Waals surface area contributed by atoms with Crippen LogP contribution in [0.3, 0.4) is 0 Å². The number of pyridine rings is 1. The number of nitrogens with one attached hydrogen (secondary N) is 2. The lowest BCUT2D eigenvalue weighted by molar-refractivity contribution is 0.0948. The van der Waals surface area contributed by atoms with Crippen LogP contribution >= 0.6 is 0 Å². The van der Waals surface area contributed by atoms with Gasteiger partial charge in [0, 0.05) is 18.2 Å². The monoisotopic (exact) mass is 388 g/mol. The topological polar surface area (TPSA) is 119 Å². The van der Waals surface area contributed by atoms with Gasteiger partial charge in [-0.15, -0.1) is 0 Å². The normalized spacial score (nSPS) is 13.2. The highest BCUT2D eigenvalue weighted by molar-refractivity contribution is 5.91. The molecule has 3 rings (SSSR count). The van der Waals surface area contributed by atoms with Gasteiger partial charge in [-0.25, -0.2) is 24.5 Å².